The predicted octanol–water partition coefficient (Wildman–Crippen LogP) is 1.70. The van der Waals surface area contributed by atoms with Crippen molar-refractivity contribution in [2.45, 2.75) is 32.6 Å². The number of ketones is 1. The number of nitrogens with zero attached hydrogens (tertiary/aromatic N) is 1. The summed E-state index contributed by atoms with van der Waals surface area (Å²) in [6, 6.07) is 0. The van der Waals surface area contributed by atoms with Crippen molar-refractivity contribution >= 4 is 5.78 Å². The molecular weight excluding hydrogens is 162 g/mol. The number of hydrogen-bond donors (Lipinski definition) is 0. The Morgan fingerprint density at radius 3 is 2.77 bits per heavy atom. The van der Waals surface area contributed by atoms with Gasteiger partial charge >= 0.3 is 0 Å². The number of likely N-dealkylation sites (tertiary alicyclic amines) is 1. The van der Waals surface area contributed by atoms with Crippen LogP contribution in [0.4, 0.5) is 0 Å². The summed E-state index contributed by atoms with van der Waals surface area (Å²) < 4.78 is 0. The number of rotatable bonds is 1. The molecule has 2 atom stereocenters. The summed E-state index contributed by atoms with van der Waals surface area (Å²) in [5.74, 6) is 0.837. The maximum absolute atomic E-state index is 11.3. The fraction of sp³-hybridized carbons (Fsp3) is 0.909. The van der Waals surface area contributed by atoms with Crippen LogP contribution < -0.4 is 0 Å². The molecule has 2 unspecified atom stereocenters. The van der Waals surface area contributed by atoms with Gasteiger partial charge in [0.15, 0.2) is 0 Å². The molecule has 2 fully saturated rings. The van der Waals surface area contributed by atoms with Crippen molar-refractivity contribution in [2.24, 2.45) is 11.3 Å². The van der Waals surface area contributed by atoms with E-state index in [0.717, 1.165) is 0 Å². The van der Waals surface area contributed by atoms with Crippen molar-refractivity contribution in [1.82, 2.24) is 4.90 Å². The molecule has 0 bridgehead atoms. The summed E-state index contributed by atoms with van der Waals surface area (Å²) in [6.45, 7) is 4.16. The number of Topliss-reactive ketones (excluding diaryl/α,β-unsaturated/α-hetero) is 1. The van der Waals surface area contributed by atoms with E-state index in [1.54, 1.807) is 6.92 Å². The van der Waals surface area contributed by atoms with Crippen LogP contribution in [0.5, 0.6) is 0 Å². The molecule has 1 saturated carbocycles. The molecule has 0 N–H and O–H groups in total. The van der Waals surface area contributed by atoms with Crippen LogP contribution in [0.2, 0.25) is 0 Å². The van der Waals surface area contributed by atoms with Crippen LogP contribution >= 0.6 is 0 Å². The number of hydrogen-bond acceptors (Lipinski definition) is 2. The molecule has 13 heavy (non-hydrogen) atoms. The first kappa shape index (κ1) is 9.20. The van der Waals surface area contributed by atoms with Crippen molar-refractivity contribution in [2.75, 3.05) is 20.1 Å². The summed E-state index contributed by atoms with van der Waals surface area (Å²) in [6.07, 6.45) is 4.98. The highest BCUT2D eigenvalue weighted by molar-refractivity contribution is 5.82. The second-order valence-corrected chi connectivity index (χ2v) is 4.89. The SMILES string of the molecule is CC(=O)C1CC12CCCN(C)CC2. The molecule has 0 amide bonds. The minimum absolute atomic E-state index is 0.416. The van der Waals surface area contributed by atoms with Gasteiger partial charge in [-0.2, -0.15) is 0 Å². The van der Waals surface area contributed by atoms with E-state index in [9.17, 15) is 4.79 Å². The normalized spacial score (nSPS) is 40.3. The predicted molar refractivity (Wildman–Crippen MR) is 52.6 cm³/mol. The van der Waals surface area contributed by atoms with E-state index in [-0.39, 0.29) is 0 Å². The highest BCUT2D eigenvalue weighted by Gasteiger charge is 2.55. The van der Waals surface area contributed by atoms with Gasteiger partial charge < -0.3 is 4.90 Å². The summed E-state index contributed by atoms with van der Waals surface area (Å²) in [5, 5.41) is 0. The first-order valence-electron chi connectivity index (χ1n) is 5.33. The van der Waals surface area contributed by atoms with Gasteiger partial charge in [-0.1, -0.05) is 0 Å². The molecular formula is C11H19NO. The van der Waals surface area contributed by atoms with Crippen molar-refractivity contribution in [3.8, 4) is 0 Å². The van der Waals surface area contributed by atoms with Gasteiger partial charge in [0.1, 0.15) is 5.78 Å². The average Bonchev–Trinajstić information content (AvgIpc) is 2.79. The molecule has 1 heterocycles. The van der Waals surface area contributed by atoms with Gasteiger partial charge in [-0.15, -0.1) is 0 Å². The molecule has 74 valence electrons. The van der Waals surface area contributed by atoms with E-state index in [2.05, 4.69) is 11.9 Å². The minimum Gasteiger partial charge on any atom is -0.306 e. The summed E-state index contributed by atoms with van der Waals surface area (Å²) in [4.78, 5) is 13.7. The fourth-order valence-electron chi connectivity index (χ4n) is 2.83. The minimum atomic E-state index is 0.416. The quantitative estimate of drug-likeness (QED) is 0.613. The van der Waals surface area contributed by atoms with Gasteiger partial charge in [0, 0.05) is 5.92 Å². The number of carbonyl (C=O) groups excluding carboxylic acids is 1. The van der Waals surface area contributed by atoms with E-state index < -0.39 is 0 Å². The third-order valence-corrected chi connectivity index (χ3v) is 3.89. The number of carbonyl (C=O) groups is 1. The van der Waals surface area contributed by atoms with E-state index in [1.165, 1.54) is 38.8 Å². The van der Waals surface area contributed by atoms with Gasteiger partial charge in [0.05, 0.1) is 0 Å². The molecule has 2 aliphatic rings. The zero-order valence-electron chi connectivity index (χ0n) is 8.68. The second kappa shape index (κ2) is 3.09. The van der Waals surface area contributed by atoms with Gasteiger partial charge in [0.2, 0.25) is 0 Å². The molecule has 1 spiro atoms. The topological polar surface area (TPSA) is 20.3 Å². The lowest BCUT2D eigenvalue weighted by atomic mass is 9.93. The Balaban J connectivity index is 1.98. The molecule has 1 aliphatic heterocycles. The van der Waals surface area contributed by atoms with Crippen LogP contribution in [0.15, 0.2) is 0 Å². The maximum atomic E-state index is 11.3. The zero-order chi connectivity index (χ0) is 9.47. The average molecular weight is 181 g/mol. The van der Waals surface area contributed by atoms with Gasteiger partial charge in [0.25, 0.3) is 0 Å². The van der Waals surface area contributed by atoms with Crippen LogP contribution in [0.3, 0.4) is 0 Å². The van der Waals surface area contributed by atoms with Crippen molar-refractivity contribution < 1.29 is 4.79 Å². The third-order valence-electron chi connectivity index (χ3n) is 3.89. The van der Waals surface area contributed by atoms with E-state index >= 15 is 0 Å². The smallest absolute Gasteiger partial charge is 0.133 e. The Morgan fingerprint density at radius 2 is 2.15 bits per heavy atom. The Labute approximate surface area is 80.3 Å². The summed E-state index contributed by atoms with van der Waals surface area (Å²) in [7, 11) is 2.18. The van der Waals surface area contributed by atoms with Gasteiger partial charge in [-0.05, 0) is 58.2 Å². The van der Waals surface area contributed by atoms with Crippen LogP contribution in [0, 0.1) is 11.3 Å². The molecule has 2 rings (SSSR count). The largest absolute Gasteiger partial charge is 0.306 e. The molecule has 0 radical (unpaired) electrons. The van der Waals surface area contributed by atoms with Crippen molar-refractivity contribution in [1.29, 1.82) is 0 Å². The Hall–Kier alpha value is -0.370. The van der Waals surface area contributed by atoms with Gasteiger partial charge in [-0.3, -0.25) is 4.79 Å². The lowest BCUT2D eigenvalue weighted by Gasteiger charge is -2.14. The molecule has 2 heteroatoms. The van der Waals surface area contributed by atoms with Crippen molar-refractivity contribution in [3.63, 3.8) is 0 Å². The molecule has 1 aliphatic carbocycles. The molecule has 1 saturated heterocycles. The van der Waals surface area contributed by atoms with Crippen LogP contribution in [-0.4, -0.2) is 30.8 Å². The standard InChI is InChI=1S/C11H19NO/c1-9(13)10-8-11(10)4-3-6-12(2)7-5-11/h10H,3-8H2,1-2H3. The Morgan fingerprint density at radius 1 is 1.38 bits per heavy atom. The highest BCUT2D eigenvalue weighted by atomic mass is 16.1. The second-order valence-electron chi connectivity index (χ2n) is 4.89. The Bertz CT molecular complexity index is 226. The van der Waals surface area contributed by atoms with Crippen molar-refractivity contribution in [3.05, 3.63) is 0 Å². The van der Waals surface area contributed by atoms with Crippen LogP contribution in [-0.2, 0) is 4.79 Å². The highest BCUT2D eigenvalue weighted by Crippen LogP contribution is 2.59. The monoisotopic (exact) mass is 181 g/mol. The van der Waals surface area contributed by atoms with E-state index in [1.807, 2.05) is 0 Å². The molecule has 0 aromatic rings. The fourth-order valence-corrected chi connectivity index (χ4v) is 2.83. The lowest BCUT2D eigenvalue weighted by Crippen LogP contribution is -2.19. The third kappa shape index (κ3) is 1.64. The van der Waals surface area contributed by atoms with Gasteiger partial charge in [-0.25, -0.2) is 0 Å². The summed E-state index contributed by atoms with van der Waals surface area (Å²) in [5.41, 5.74) is 0.441. The van der Waals surface area contributed by atoms with Crippen LogP contribution in [0.1, 0.15) is 32.6 Å². The van der Waals surface area contributed by atoms with E-state index in [0.29, 0.717) is 17.1 Å². The molecule has 2 nitrogen and oxygen atoms in total. The van der Waals surface area contributed by atoms with Crippen LogP contribution in [0.25, 0.3) is 0 Å². The Kier molecular flexibility index (Phi) is 2.18. The maximum Gasteiger partial charge on any atom is 0.133 e. The first-order valence-corrected chi connectivity index (χ1v) is 5.33. The lowest BCUT2D eigenvalue weighted by molar-refractivity contribution is -0.119. The first-order chi connectivity index (χ1) is 6.14. The summed E-state index contributed by atoms with van der Waals surface area (Å²) >= 11 is 0. The molecule has 0 aromatic carbocycles. The molecule has 0 aromatic heterocycles. The zero-order valence-corrected chi connectivity index (χ0v) is 8.68. The van der Waals surface area contributed by atoms with E-state index in [4.69, 9.17) is 0 Å².